The summed E-state index contributed by atoms with van der Waals surface area (Å²) in [5.41, 5.74) is -0.984. The zero-order chi connectivity index (χ0) is 14.1. The van der Waals surface area contributed by atoms with E-state index in [1.165, 1.54) is 18.3 Å². The maximum Gasteiger partial charge on any atom is 0.310 e. The highest BCUT2D eigenvalue weighted by molar-refractivity contribution is 7.89. The van der Waals surface area contributed by atoms with Crippen molar-refractivity contribution in [3.63, 3.8) is 0 Å². The number of carboxylic acid groups (broad SMARTS) is 1. The molecule has 1 aromatic heterocycles. The zero-order valence-electron chi connectivity index (χ0n) is 9.97. The molecule has 0 saturated heterocycles. The molecule has 0 aromatic carbocycles. The van der Waals surface area contributed by atoms with Crippen LogP contribution < -0.4 is 4.72 Å². The third-order valence-electron chi connectivity index (χ3n) is 3.38. The minimum absolute atomic E-state index is 0.129. The second kappa shape index (κ2) is 5.07. The molecule has 0 amide bonds. The SMILES string of the molecule is O=C(O)C1(CNS(=O)(=O)c2cccnc2Cl)CCC1. The normalized spacial score (nSPS) is 17.7. The van der Waals surface area contributed by atoms with Gasteiger partial charge in [-0.2, -0.15) is 0 Å². The minimum atomic E-state index is -3.84. The van der Waals surface area contributed by atoms with Crippen LogP contribution in [0.5, 0.6) is 0 Å². The molecule has 0 aliphatic heterocycles. The van der Waals surface area contributed by atoms with E-state index in [9.17, 15) is 13.2 Å². The summed E-state index contributed by atoms with van der Waals surface area (Å²) in [6, 6.07) is 2.78. The lowest BCUT2D eigenvalue weighted by Gasteiger charge is -2.37. The molecule has 0 unspecified atom stereocenters. The van der Waals surface area contributed by atoms with Crippen molar-refractivity contribution in [3.8, 4) is 0 Å². The Morgan fingerprint density at radius 2 is 2.21 bits per heavy atom. The van der Waals surface area contributed by atoms with E-state index in [4.69, 9.17) is 16.7 Å². The molecule has 1 aliphatic carbocycles. The van der Waals surface area contributed by atoms with Crippen molar-refractivity contribution < 1.29 is 18.3 Å². The molecular weight excluding hydrogens is 292 g/mol. The third-order valence-corrected chi connectivity index (χ3v) is 5.23. The van der Waals surface area contributed by atoms with Gasteiger partial charge in [0.05, 0.1) is 5.41 Å². The predicted octanol–water partition coefficient (Wildman–Crippen LogP) is 1.27. The first-order valence-electron chi connectivity index (χ1n) is 5.71. The number of aromatic nitrogens is 1. The fourth-order valence-corrected chi connectivity index (χ4v) is 3.53. The minimum Gasteiger partial charge on any atom is -0.481 e. The van der Waals surface area contributed by atoms with E-state index in [0.29, 0.717) is 12.8 Å². The number of hydrogen-bond acceptors (Lipinski definition) is 4. The number of sulfonamides is 1. The summed E-state index contributed by atoms with van der Waals surface area (Å²) in [4.78, 5) is 14.7. The Bertz CT molecular complexity index is 598. The average molecular weight is 305 g/mol. The molecule has 0 bridgehead atoms. The monoisotopic (exact) mass is 304 g/mol. The van der Waals surface area contributed by atoms with Gasteiger partial charge in [0.1, 0.15) is 10.0 Å². The summed E-state index contributed by atoms with van der Waals surface area (Å²) in [6.45, 7) is -0.129. The van der Waals surface area contributed by atoms with Crippen LogP contribution in [0.4, 0.5) is 0 Å². The van der Waals surface area contributed by atoms with E-state index in [-0.39, 0.29) is 16.6 Å². The van der Waals surface area contributed by atoms with Crippen LogP contribution in [0.25, 0.3) is 0 Å². The quantitative estimate of drug-likeness (QED) is 0.799. The molecule has 2 N–H and O–H groups in total. The standard InChI is InChI=1S/C11H13ClN2O4S/c12-9-8(3-1-6-13-9)19(17,18)14-7-11(10(15)16)4-2-5-11/h1,3,6,14H,2,4-5,7H2,(H,15,16). The number of nitrogens with zero attached hydrogens (tertiary/aromatic N) is 1. The fourth-order valence-electron chi connectivity index (χ4n) is 1.95. The number of pyridine rings is 1. The van der Waals surface area contributed by atoms with E-state index < -0.39 is 21.4 Å². The largest absolute Gasteiger partial charge is 0.481 e. The van der Waals surface area contributed by atoms with Gasteiger partial charge in [-0.15, -0.1) is 0 Å². The van der Waals surface area contributed by atoms with Gasteiger partial charge in [-0.25, -0.2) is 18.1 Å². The second-order valence-electron chi connectivity index (χ2n) is 4.56. The molecule has 1 fully saturated rings. The molecule has 0 radical (unpaired) electrons. The molecule has 8 heteroatoms. The zero-order valence-corrected chi connectivity index (χ0v) is 11.5. The molecule has 1 heterocycles. The molecule has 1 aromatic rings. The Labute approximate surface area is 115 Å². The Balaban J connectivity index is 2.15. The lowest BCUT2D eigenvalue weighted by atomic mass is 9.69. The molecule has 1 saturated carbocycles. The van der Waals surface area contributed by atoms with Crippen LogP contribution in [0, 0.1) is 5.41 Å². The Hall–Kier alpha value is -1.18. The highest BCUT2D eigenvalue weighted by Gasteiger charge is 2.45. The van der Waals surface area contributed by atoms with Gasteiger partial charge < -0.3 is 5.11 Å². The van der Waals surface area contributed by atoms with Gasteiger partial charge in [0.15, 0.2) is 0 Å². The van der Waals surface area contributed by atoms with E-state index >= 15 is 0 Å². The van der Waals surface area contributed by atoms with Crippen molar-refractivity contribution in [2.75, 3.05) is 6.54 Å². The Morgan fingerprint density at radius 1 is 1.53 bits per heavy atom. The number of nitrogens with one attached hydrogen (secondary N) is 1. The van der Waals surface area contributed by atoms with Gasteiger partial charge >= 0.3 is 5.97 Å². The molecule has 104 valence electrons. The molecule has 19 heavy (non-hydrogen) atoms. The summed E-state index contributed by atoms with van der Waals surface area (Å²) < 4.78 is 26.4. The molecular formula is C11H13ClN2O4S. The topological polar surface area (TPSA) is 96.4 Å². The summed E-state index contributed by atoms with van der Waals surface area (Å²) in [5.74, 6) is -0.973. The van der Waals surface area contributed by atoms with Gasteiger partial charge in [-0.1, -0.05) is 18.0 Å². The number of carbonyl (C=O) groups is 1. The second-order valence-corrected chi connectivity index (χ2v) is 6.65. The summed E-state index contributed by atoms with van der Waals surface area (Å²) >= 11 is 5.72. The number of hydrogen-bond donors (Lipinski definition) is 2. The highest BCUT2D eigenvalue weighted by Crippen LogP contribution is 2.40. The maximum absolute atomic E-state index is 12.0. The average Bonchev–Trinajstić information content (AvgIpc) is 2.27. The number of carboxylic acids is 1. The number of halogens is 1. The van der Waals surface area contributed by atoms with Crippen molar-refractivity contribution in [1.82, 2.24) is 9.71 Å². The van der Waals surface area contributed by atoms with E-state index in [1.54, 1.807) is 0 Å². The van der Waals surface area contributed by atoms with Crippen LogP contribution in [-0.2, 0) is 14.8 Å². The number of rotatable bonds is 5. The van der Waals surface area contributed by atoms with Crippen molar-refractivity contribution in [3.05, 3.63) is 23.5 Å². The van der Waals surface area contributed by atoms with E-state index in [0.717, 1.165) is 6.42 Å². The molecule has 1 aliphatic rings. The van der Waals surface area contributed by atoms with Crippen LogP contribution >= 0.6 is 11.6 Å². The van der Waals surface area contributed by atoms with Crippen LogP contribution in [0.1, 0.15) is 19.3 Å². The van der Waals surface area contributed by atoms with Crippen LogP contribution in [0.15, 0.2) is 23.2 Å². The van der Waals surface area contributed by atoms with Crippen LogP contribution in [0.3, 0.4) is 0 Å². The van der Waals surface area contributed by atoms with Crippen molar-refractivity contribution in [2.24, 2.45) is 5.41 Å². The summed E-state index contributed by atoms with van der Waals surface area (Å²) in [6.07, 6.45) is 3.13. The molecule has 2 rings (SSSR count). The van der Waals surface area contributed by atoms with Gasteiger partial charge in [0.2, 0.25) is 10.0 Å². The lowest BCUT2D eigenvalue weighted by Crippen LogP contribution is -2.47. The maximum atomic E-state index is 12.0. The number of aliphatic carboxylic acids is 1. The first-order valence-corrected chi connectivity index (χ1v) is 7.57. The summed E-state index contributed by atoms with van der Waals surface area (Å²) in [7, 11) is -3.84. The van der Waals surface area contributed by atoms with Gasteiger partial charge in [-0.05, 0) is 25.0 Å². The first-order chi connectivity index (χ1) is 8.87. The van der Waals surface area contributed by atoms with Crippen molar-refractivity contribution in [2.45, 2.75) is 24.2 Å². The molecule has 6 nitrogen and oxygen atoms in total. The predicted molar refractivity (Wildman–Crippen MR) is 68.4 cm³/mol. The molecule has 0 atom stereocenters. The van der Waals surface area contributed by atoms with E-state index in [1.807, 2.05) is 0 Å². The van der Waals surface area contributed by atoms with Crippen molar-refractivity contribution >= 4 is 27.6 Å². The Kier molecular flexibility index (Phi) is 3.80. The Morgan fingerprint density at radius 3 is 2.68 bits per heavy atom. The van der Waals surface area contributed by atoms with Crippen molar-refractivity contribution in [1.29, 1.82) is 0 Å². The third kappa shape index (κ3) is 2.72. The molecule has 0 spiro atoms. The van der Waals surface area contributed by atoms with Gasteiger partial charge in [0, 0.05) is 12.7 Å². The van der Waals surface area contributed by atoms with Crippen LogP contribution in [-0.4, -0.2) is 31.0 Å². The van der Waals surface area contributed by atoms with E-state index in [2.05, 4.69) is 9.71 Å². The summed E-state index contributed by atoms with van der Waals surface area (Å²) in [5, 5.41) is 9.00. The highest BCUT2D eigenvalue weighted by atomic mass is 35.5. The smallest absolute Gasteiger partial charge is 0.310 e. The first kappa shape index (κ1) is 14.2. The van der Waals surface area contributed by atoms with Gasteiger partial charge in [0.25, 0.3) is 0 Å². The lowest BCUT2D eigenvalue weighted by molar-refractivity contribution is -0.153. The van der Waals surface area contributed by atoms with Crippen LogP contribution in [0.2, 0.25) is 5.15 Å². The van der Waals surface area contributed by atoms with Gasteiger partial charge in [-0.3, -0.25) is 4.79 Å². The fraction of sp³-hybridized carbons (Fsp3) is 0.455.